The van der Waals surface area contributed by atoms with Gasteiger partial charge in [0.2, 0.25) is 0 Å². The van der Waals surface area contributed by atoms with Crippen molar-refractivity contribution in [2.75, 3.05) is 0 Å². The van der Waals surface area contributed by atoms with Crippen LogP contribution in [0.3, 0.4) is 0 Å². The van der Waals surface area contributed by atoms with Crippen LogP contribution in [0.4, 0.5) is 0 Å². The van der Waals surface area contributed by atoms with Gasteiger partial charge in [-0.2, -0.15) is 5.26 Å². The van der Waals surface area contributed by atoms with Gasteiger partial charge in [0.1, 0.15) is 0 Å². The summed E-state index contributed by atoms with van der Waals surface area (Å²) in [5.41, 5.74) is 6.44. The quantitative estimate of drug-likeness (QED) is 0.214. The number of pyridine rings is 2. The van der Waals surface area contributed by atoms with Crippen molar-refractivity contribution in [2.45, 2.75) is 0 Å². The number of hydrogen-bond donors (Lipinski definition) is 0. The van der Waals surface area contributed by atoms with Crippen LogP contribution in [0, 0.1) is 34.8 Å². The van der Waals surface area contributed by atoms with E-state index in [1.807, 2.05) is 85.1 Å². The van der Waals surface area contributed by atoms with Crippen LogP contribution in [0.15, 0.2) is 109 Å². The van der Waals surface area contributed by atoms with Gasteiger partial charge in [0, 0.05) is 38.6 Å². The fourth-order valence-corrected chi connectivity index (χ4v) is 3.25. The number of benzene rings is 3. The Morgan fingerprint density at radius 1 is 0.629 bits per heavy atom. The zero-order chi connectivity index (χ0) is 23.6. The number of nitrogens with zero attached hydrogens (tertiary/aromatic N) is 4. The van der Waals surface area contributed by atoms with Crippen molar-refractivity contribution in [3.63, 3.8) is 0 Å². The van der Waals surface area contributed by atoms with Gasteiger partial charge in [-0.3, -0.25) is 0 Å². The Labute approximate surface area is 218 Å². The molecule has 0 aliphatic heterocycles. The molecule has 0 amide bonds. The minimum atomic E-state index is 0. The second-order valence-corrected chi connectivity index (χ2v) is 7.19. The molecule has 2 aromatic heterocycles. The Bertz CT molecular complexity index is 1380. The van der Waals surface area contributed by atoms with E-state index in [0.717, 1.165) is 28.1 Å². The predicted molar refractivity (Wildman–Crippen MR) is 132 cm³/mol. The van der Waals surface area contributed by atoms with E-state index in [0.29, 0.717) is 11.1 Å². The average Bonchev–Trinajstić information content (AvgIpc) is 2.94. The smallest absolute Gasteiger partial charge is 0.0802 e. The van der Waals surface area contributed by atoms with E-state index in [1.54, 1.807) is 12.3 Å². The van der Waals surface area contributed by atoms with E-state index >= 15 is 0 Å². The minimum absolute atomic E-state index is 0. The number of nitriles is 2. The summed E-state index contributed by atoms with van der Waals surface area (Å²) in [6, 6.07) is 41.0. The van der Waals surface area contributed by atoms with Crippen LogP contribution in [0.2, 0.25) is 0 Å². The summed E-state index contributed by atoms with van der Waals surface area (Å²) >= 11 is 0. The van der Waals surface area contributed by atoms with Crippen LogP contribution in [-0.4, -0.2) is 9.97 Å². The Morgan fingerprint density at radius 2 is 1.37 bits per heavy atom. The van der Waals surface area contributed by atoms with Crippen LogP contribution in [0.1, 0.15) is 11.1 Å². The molecule has 2 heterocycles. The van der Waals surface area contributed by atoms with E-state index in [9.17, 15) is 0 Å². The van der Waals surface area contributed by atoms with Crippen molar-refractivity contribution in [1.82, 2.24) is 9.97 Å². The molecule has 0 spiro atoms. The summed E-state index contributed by atoms with van der Waals surface area (Å²) in [7, 11) is 0. The zero-order valence-electron chi connectivity index (χ0n) is 18.5. The van der Waals surface area contributed by atoms with Crippen molar-refractivity contribution in [1.29, 1.82) is 10.5 Å². The van der Waals surface area contributed by atoms with Gasteiger partial charge in [0.05, 0.1) is 6.07 Å². The van der Waals surface area contributed by atoms with Crippen LogP contribution in [0.5, 0.6) is 0 Å². The fourth-order valence-electron chi connectivity index (χ4n) is 3.25. The molecule has 5 rings (SSSR count). The van der Waals surface area contributed by atoms with Crippen molar-refractivity contribution < 1.29 is 20.1 Å². The molecule has 0 fully saturated rings. The van der Waals surface area contributed by atoms with Gasteiger partial charge in [-0.15, -0.1) is 59.7 Å². The first-order valence-electron chi connectivity index (χ1n) is 10.5. The van der Waals surface area contributed by atoms with Crippen LogP contribution < -0.4 is 0 Å². The van der Waals surface area contributed by atoms with E-state index in [-0.39, 0.29) is 20.1 Å². The summed E-state index contributed by atoms with van der Waals surface area (Å²) in [5.74, 6) is 0. The Balaban J connectivity index is 0.000000192. The van der Waals surface area contributed by atoms with Gasteiger partial charge in [-0.1, -0.05) is 54.6 Å². The molecule has 3 aromatic carbocycles. The Hall–Kier alpha value is -4.41. The number of hydrogen-bond acceptors (Lipinski definition) is 4. The molecule has 0 saturated heterocycles. The topological polar surface area (TPSA) is 73.4 Å². The third-order valence-electron chi connectivity index (χ3n) is 4.99. The third-order valence-corrected chi connectivity index (χ3v) is 4.99. The number of aromatic nitrogens is 2. The minimum Gasteiger partial charge on any atom is -0.305 e. The van der Waals surface area contributed by atoms with Crippen molar-refractivity contribution >= 4 is 0 Å². The standard InChI is InChI=1S/C17H12N.C13H6N3.Ir/c1-3-7-14(8-4-1)16-11-12-17(18-13-16)15-9-5-2-6-10-15;14-8-11-5-4-10(7-12(11)9-15)13-3-1-2-6-16-13;/h1-9,11-13H;1-3,5-7H;/q2*-1;. The zero-order valence-corrected chi connectivity index (χ0v) is 20.9. The van der Waals surface area contributed by atoms with Crippen molar-refractivity contribution in [3.05, 3.63) is 133 Å². The third kappa shape index (κ3) is 6.56. The summed E-state index contributed by atoms with van der Waals surface area (Å²) in [6.07, 6.45) is 3.58. The van der Waals surface area contributed by atoms with E-state index in [1.165, 1.54) is 11.6 Å². The molecule has 0 unspecified atom stereocenters. The molecule has 35 heavy (non-hydrogen) atoms. The molecule has 0 bridgehead atoms. The van der Waals surface area contributed by atoms with E-state index in [2.05, 4.69) is 40.3 Å². The van der Waals surface area contributed by atoms with Crippen LogP contribution in [0.25, 0.3) is 33.6 Å². The maximum absolute atomic E-state index is 8.89. The predicted octanol–water partition coefficient (Wildman–Crippen LogP) is 6.51. The first kappa shape index (κ1) is 25.2. The average molecular weight is 627 g/mol. The normalized spacial score (nSPS) is 9.43. The van der Waals surface area contributed by atoms with Gasteiger partial charge in [-0.25, -0.2) is 5.26 Å². The van der Waals surface area contributed by atoms with Crippen molar-refractivity contribution in [2.24, 2.45) is 0 Å². The molecule has 5 heteroatoms. The van der Waals surface area contributed by atoms with Gasteiger partial charge in [-0.05, 0) is 39.7 Å². The first-order chi connectivity index (χ1) is 16.8. The molecular formula is C30H18IrN4-2. The molecule has 5 aromatic rings. The first-order valence-corrected chi connectivity index (χ1v) is 10.5. The van der Waals surface area contributed by atoms with Gasteiger partial charge < -0.3 is 9.97 Å². The molecule has 1 radical (unpaired) electrons. The maximum Gasteiger partial charge on any atom is 0.0802 e. The maximum atomic E-state index is 8.89. The SMILES string of the molecule is N#Cc1c[c-]c(-c2ccccn2)cc1C#N.[Ir].[c-]1ccccc1-c1ccc(-c2ccccc2)cn1. The molecule has 0 N–H and O–H groups in total. The Morgan fingerprint density at radius 3 is 2.00 bits per heavy atom. The van der Waals surface area contributed by atoms with Gasteiger partial charge in [0.15, 0.2) is 0 Å². The molecule has 4 nitrogen and oxygen atoms in total. The summed E-state index contributed by atoms with van der Waals surface area (Å²) in [5, 5.41) is 17.7. The molecule has 169 valence electrons. The molecule has 0 aliphatic rings. The van der Waals surface area contributed by atoms with Crippen molar-refractivity contribution in [3.8, 4) is 45.8 Å². The Kier molecular flexibility index (Phi) is 9.17. The molecule has 0 aliphatic carbocycles. The second-order valence-electron chi connectivity index (χ2n) is 7.19. The van der Waals surface area contributed by atoms with Crippen LogP contribution in [-0.2, 0) is 20.1 Å². The van der Waals surface area contributed by atoms with Gasteiger partial charge >= 0.3 is 0 Å². The fraction of sp³-hybridized carbons (Fsp3) is 0. The van der Waals surface area contributed by atoms with E-state index in [4.69, 9.17) is 10.5 Å². The monoisotopic (exact) mass is 627 g/mol. The molecule has 0 atom stereocenters. The largest absolute Gasteiger partial charge is 0.305 e. The molecular weight excluding hydrogens is 609 g/mol. The second kappa shape index (κ2) is 12.7. The van der Waals surface area contributed by atoms with E-state index < -0.39 is 0 Å². The summed E-state index contributed by atoms with van der Waals surface area (Å²) in [4.78, 5) is 8.65. The van der Waals surface area contributed by atoms with Crippen LogP contribution >= 0.6 is 0 Å². The number of rotatable bonds is 3. The summed E-state index contributed by atoms with van der Waals surface area (Å²) in [6.45, 7) is 0. The molecule has 0 saturated carbocycles. The van der Waals surface area contributed by atoms with Gasteiger partial charge in [0.25, 0.3) is 0 Å². The summed E-state index contributed by atoms with van der Waals surface area (Å²) < 4.78 is 0.